The van der Waals surface area contributed by atoms with Crippen LogP contribution < -0.4 is 5.32 Å². The molecular weight excluding hydrogens is 232 g/mol. The van der Waals surface area contributed by atoms with Crippen LogP contribution in [0.15, 0.2) is 24.3 Å². The Hall–Kier alpha value is -0.860. The molecule has 2 atom stereocenters. The van der Waals surface area contributed by atoms with E-state index in [1.807, 2.05) is 0 Å². The van der Waals surface area contributed by atoms with Gasteiger partial charge in [-0.25, -0.2) is 0 Å². The maximum Gasteiger partial charge on any atom is 0.0472 e. The molecule has 0 heterocycles. The molecule has 1 rings (SSSR count). The predicted octanol–water partition coefficient (Wildman–Crippen LogP) is 3.49. The molecule has 0 saturated carbocycles. The molecule has 1 aromatic rings. The van der Waals surface area contributed by atoms with Crippen molar-refractivity contribution in [1.82, 2.24) is 10.2 Å². The summed E-state index contributed by atoms with van der Waals surface area (Å²) in [4.78, 5) is 2.44. The largest absolute Gasteiger partial charge is 0.312 e. The van der Waals surface area contributed by atoms with E-state index in [1.165, 1.54) is 11.1 Å². The van der Waals surface area contributed by atoms with Gasteiger partial charge in [0.25, 0.3) is 0 Å². The minimum absolute atomic E-state index is 0.384. The zero-order valence-corrected chi connectivity index (χ0v) is 13.4. The highest BCUT2D eigenvalue weighted by Gasteiger charge is 2.21. The van der Waals surface area contributed by atoms with Crippen LogP contribution in [0.5, 0.6) is 0 Å². The first kappa shape index (κ1) is 16.2. The quantitative estimate of drug-likeness (QED) is 0.809. The number of likely N-dealkylation sites (N-methyl/N-ethyl adjacent to an activating group) is 2. The van der Waals surface area contributed by atoms with Crippen molar-refractivity contribution < 1.29 is 0 Å². The molecule has 0 aliphatic rings. The smallest absolute Gasteiger partial charge is 0.0472 e. The number of hydrogen-bond donors (Lipinski definition) is 1. The average molecular weight is 262 g/mol. The van der Waals surface area contributed by atoms with Gasteiger partial charge < -0.3 is 10.2 Å². The van der Waals surface area contributed by atoms with E-state index in [2.05, 4.69) is 76.3 Å². The van der Waals surface area contributed by atoms with Gasteiger partial charge in [0.15, 0.2) is 0 Å². The highest BCUT2D eigenvalue weighted by atomic mass is 15.2. The molecule has 0 spiro atoms. The summed E-state index contributed by atoms with van der Waals surface area (Å²) in [5.74, 6) is 0.701. The van der Waals surface area contributed by atoms with Crippen molar-refractivity contribution in [2.24, 2.45) is 5.92 Å². The van der Waals surface area contributed by atoms with Crippen LogP contribution >= 0.6 is 0 Å². The summed E-state index contributed by atoms with van der Waals surface area (Å²) >= 11 is 0. The number of rotatable bonds is 7. The van der Waals surface area contributed by atoms with Gasteiger partial charge in [0.1, 0.15) is 0 Å². The molecular formula is C17H30N2. The summed E-state index contributed by atoms with van der Waals surface area (Å²) in [5, 5.41) is 3.47. The van der Waals surface area contributed by atoms with Gasteiger partial charge in [-0.1, -0.05) is 45.0 Å². The maximum atomic E-state index is 3.47. The highest BCUT2D eigenvalue weighted by Crippen LogP contribution is 2.21. The van der Waals surface area contributed by atoms with E-state index in [4.69, 9.17) is 0 Å². The molecule has 108 valence electrons. The number of hydrogen-bond acceptors (Lipinski definition) is 2. The van der Waals surface area contributed by atoms with Crippen LogP contribution in [0.25, 0.3) is 0 Å². The van der Waals surface area contributed by atoms with Gasteiger partial charge in [0, 0.05) is 18.6 Å². The van der Waals surface area contributed by atoms with Crippen LogP contribution in [0.1, 0.15) is 44.9 Å². The Kier molecular flexibility index (Phi) is 6.53. The standard InChI is InChI=1S/C17H30N2/c1-7-15-8-10-16(11-9-15)17(18-5)14(4)19(6)12-13(2)3/h8-11,13-14,17-18H,7,12H2,1-6H3. The van der Waals surface area contributed by atoms with Crippen molar-refractivity contribution in [3.8, 4) is 0 Å². The highest BCUT2D eigenvalue weighted by molar-refractivity contribution is 5.26. The SMILES string of the molecule is CCc1ccc(C(NC)C(C)N(C)CC(C)C)cc1. The molecule has 0 aliphatic carbocycles. The minimum atomic E-state index is 0.384. The van der Waals surface area contributed by atoms with Crippen LogP contribution in [0.3, 0.4) is 0 Å². The third kappa shape index (κ3) is 4.63. The second-order valence-electron chi connectivity index (χ2n) is 5.94. The van der Waals surface area contributed by atoms with Crippen molar-refractivity contribution in [2.75, 3.05) is 20.6 Å². The lowest BCUT2D eigenvalue weighted by Crippen LogP contribution is -2.41. The van der Waals surface area contributed by atoms with Crippen LogP contribution in [0.2, 0.25) is 0 Å². The van der Waals surface area contributed by atoms with E-state index in [0.29, 0.717) is 18.0 Å². The molecule has 2 unspecified atom stereocenters. The van der Waals surface area contributed by atoms with Gasteiger partial charge in [-0.2, -0.15) is 0 Å². The fourth-order valence-electron chi connectivity index (χ4n) is 2.64. The predicted molar refractivity (Wildman–Crippen MR) is 84.6 cm³/mol. The zero-order chi connectivity index (χ0) is 14.4. The Bertz CT molecular complexity index is 356. The normalized spacial score (nSPS) is 14.9. The maximum absolute atomic E-state index is 3.47. The topological polar surface area (TPSA) is 15.3 Å². The lowest BCUT2D eigenvalue weighted by atomic mass is 9.97. The van der Waals surface area contributed by atoms with Crippen LogP contribution in [-0.2, 0) is 6.42 Å². The Morgan fingerprint density at radius 3 is 2.11 bits per heavy atom. The summed E-state index contributed by atoms with van der Waals surface area (Å²) in [5.41, 5.74) is 2.78. The van der Waals surface area contributed by atoms with Crippen molar-refractivity contribution >= 4 is 0 Å². The van der Waals surface area contributed by atoms with Crippen molar-refractivity contribution in [3.63, 3.8) is 0 Å². The summed E-state index contributed by atoms with van der Waals surface area (Å²) in [7, 11) is 4.27. The Morgan fingerprint density at radius 1 is 1.11 bits per heavy atom. The van der Waals surface area contributed by atoms with E-state index in [1.54, 1.807) is 0 Å². The van der Waals surface area contributed by atoms with Crippen LogP contribution in [-0.4, -0.2) is 31.6 Å². The number of nitrogens with zero attached hydrogens (tertiary/aromatic N) is 1. The van der Waals surface area contributed by atoms with Crippen LogP contribution in [0, 0.1) is 5.92 Å². The molecule has 2 heteroatoms. The Morgan fingerprint density at radius 2 is 1.68 bits per heavy atom. The molecule has 1 aromatic carbocycles. The first-order valence-corrected chi connectivity index (χ1v) is 7.45. The van der Waals surface area contributed by atoms with Gasteiger partial charge >= 0.3 is 0 Å². The first-order valence-electron chi connectivity index (χ1n) is 7.45. The first-order chi connectivity index (χ1) is 8.99. The number of benzene rings is 1. The molecule has 0 amide bonds. The summed E-state index contributed by atoms with van der Waals surface area (Å²) in [6, 6.07) is 9.89. The van der Waals surface area contributed by atoms with Crippen LogP contribution in [0.4, 0.5) is 0 Å². The third-order valence-electron chi connectivity index (χ3n) is 3.89. The second kappa shape index (κ2) is 7.66. The zero-order valence-electron chi connectivity index (χ0n) is 13.4. The van der Waals surface area contributed by atoms with Crippen molar-refractivity contribution in [2.45, 2.75) is 46.2 Å². The fourth-order valence-corrected chi connectivity index (χ4v) is 2.64. The molecule has 0 fully saturated rings. The van der Waals surface area contributed by atoms with E-state index < -0.39 is 0 Å². The van der Waals surface area contributed by atoms with Gasteiger partial charge in [-0.05, 0) is 44.5 Å². The van der Waals surface area contributed by atoms with Crippen molar-refractivity contribution in [1.29, 1.82) is 0 Å². The lowest BCUT2D eigenvalue weighted by molar-refractivity contribution is 0.192. The second-order valence-corrected chi connectivity index (χ2v) is 5.94. The molecule has 2 nitrogen and oxygen atoms in total. The summed E-state index contributed by atoms with van der Waals surface area (Å²) < 4.78 is 0. The Balaban J connectivity index is 2.80. The molecule has 1 N–H and O–H groups in total. The monoisotopic (exact) mass is 262 g/mol. The lowest BCUT2D eigenvalue weighted by Gasteiger charge is -2.33. The van der Waals surface area contributed by atoms with Gasteiger partial charge in [0.05, 0.1) is 0 Å². The van der Waals surface area contributed by atoms with E-state index in [-0.39, 0.29) is 0 Å². The minimum Gasteiger partial charge on any atom is -0.312 e. The molecule has 0 aliphatic heterocycles. The van der Waals surface area contributed by atoms with E-state index >= 15 is 0 Å². The molecule has 19 heavy (non-hydrogen) atoms. The number of nitrogens with one attached hydrogen (secondary N) is 1. The summed E-state index contributed by atoms with van der Waals surface area (Å²) in [6.45, 7) is 10.2. The molecule has 0 radical (unpaired) electrons. The molecule has 0 aromatic heterocycles. The fraction of sp³-hybridized carbons (Fsp3) is 0.647. The number of aryl methyl sites for hydroxylation is 1. The van der Waals surface area contributed by atoms with E-state index in [0.717, 1.165) is 13.0 Å². The van der Waals surface area contributed by atoms with Gasteiger partial charge in [0.2, 0.25) is 0 Å². The van der Waals surface area contributed by atoms with Gasteiger partial charge in [-0.3, -0.25) is 0 Å². The molecule has 0 bridgehead atoms. The third-order valence-corrected chi connectivity index (χ3v) is 3.89. The van der Waals surface area contributed by atoms with Crippen molar-refractivity contribution in [3.05, 3.63) is 35.4 Å². The summed E-state index contributed by atoms with van der Waals surface area (Å²) in [6.07, 6.45) is 1.10. The molecule has 0 saturated heterocycles. The van der Waals surface area contributed by atoms with E-state index in [9.17, 15) is 0 Å². The van der Waals surface area contributed by atoms with Gasteiger partial charge in [-0.15, -0.1) is 0 Å². The average Bonchev–Trinajstić information content (AvgIpc) is 2.39. The Labute approximate surface area is 119 Å².